The highest BCUT2D eigenvalue weighted by Crippen LogP contribution is 2.49. The van der Waals surface area contributed by atoms with Gasteiger partial charge in [0.1, 0.15) is 0 Å². The Morgan fingerprint density at radius 2 is 1.26 bits per heavy atom. The normalized spacial score (nSPS) is 12.3. The maximum atomic E-state index is 14.1. The molecule has 0 saturated heterocycles. The zero-order valence-corrected chi connectivity index (χ0v) is 15.9. The van der Waals surface area contributed by atoms with Crippen molar-refractivity contribution in [2.24, 2.45) is 0 Å². The third-order valence-corrected chi connectivity index (χ3v) is 6.51. The molecule has 0 bridgehead atoms. The number of hydrogen-bond donors (Lipinski definition) is 0. The summed E-state index contributed by atoms with van der Waals surface area (Å²) in [6, 6.07) is 26.9. The van der Waals surface area contributed by atoms with Crippen LogP contribution in [0.5, 0.6) is 0 Å². The van der Waals surface area contributed by atoms with E-state index in [4.69, 9.17) is 9.26 Å². The van der Waals surface area contributed by atoms with E-state index < -0.39 is 19.4 Å². The van der Waals surface area contributed by atoms with Crippen LogP contribution in [0.1, 0.15) is 18.6 Å². The first-order chi connectivity index (χ1) is 13.1. The molecule has 0 aliphatic rings. The Bertz CT molecular complexity index is 867. The third kappa shape index (κ3) is 4.36. The second-order valence-electron chi connectivity index (χ2n) is 5.87. The molecule has 0 amide bonds. The van der Waals surface area contributed by atoms with Crippen molar-refractivity contribution in [3.05, 3.63) is 96.6 Å². The molecule has 0 aliphatic heterocycles. The van der Waals surface area contributed by atoms with E-state index in [9.17, 15) is 9.36 Å². The maximum Gasteiger partial charge on any atom is 0.340 e. The second-order valence-corrected chi connectivity index (χ2v) is 8.22. The van der Waals surface area contributed by atoms with Crippen LogP contribution < -0.4 is 10.6 Å². The van der Waals surface area contributed by atoms with Crippen molar-refractivity contribution in [3.8, 4) is 0 Å². The molecule has 4 nitrogen and oxygen atoms in total. The largest absolute Gasteiger partial charge is 0.464 e. The van der Waals surface area contributed by atoms with Gasteiger partial charge in [0.15, 0.2) is 6.10 Å². The van der Waals surface area contributed by atoms with Crippen LogP contribution in [0.2, 0.25) is 0 Å². The van der Waals surface area contributed by atoms with E-state index in [0.29, 0.717) is 16.2 Å². The van der Waals surface area contributed by atoms with Crippen LogP contribution in [0.15, 0.2) is 91.0 Å². The molecule has 138 valence electrons. The predicted molar refractivity (Wildman–Crippen MR) is 107 cm³/mol. The highest BCUT2D eigenvalue weighted by atomic mass is 31.2. The van der Waals surface area contributed by atoms with Crippen LogP contribution in [-0.2, 0) is 18.6 Å². The molecule has 0 spiro atoms. The van der Waals surface area contributed by atoms with Crippen molar-refractivity contribution in [2.75, 3.05) is 6.61 Å². The molecular formula is C22H21O4P. The number of carbonyl (C=O) groups is 1. The Hall–Kier alpha value is -2.68. The molecule has 1 unspecified atom stereocenters. The van der Waals surface area contributed by atoms with Crippen molar-refractivity contribution >= 4 is 23.9 Å². The average Bonchev–Trinajstić information content (AvgIpc) is 2.74. The molecule has 0 fully saturated rings. The Balaban J connectivity index is 2.09. The fourth-order valence-corrected chi connectivity index (χ4v) is 4.93. The lowest BCUT2D eigenvalue weighted by molar-refractivity contribution is -0.151. The SMILES string of the molecule is CCOC(=O)C(OP(=O)(c1ccccc1)c1ccccc1)c1ccccc1. The van der Waals surface area contributed by atoms with Crippen LogP contribution in [0.4, 0.5) is 0 Å². The summed E-state index contributed by atoms with van der Waals surface area (Å²) < 4.78 is 25.4. The van der Waals surface area contributed by atoms with Crippen molar-refractivity contribution in [1.29, 1.82) is 0 Å². The van der Waals surface area contributed by atoms with Gasteiger partial charge in [0, 0.05) is 10.6 Å². The highest BCUT2D eigenvalue weighted by molar-refractivity contribution is 7.74. The molecule has 0 radical (unpaired) electrons. The van der Waals surface area contributed by atoms with E-state index in [1.807, 2.05) is 18.2 Å². The molecule has 1 atom stereocenters. The molecule has 0 aliphatic carbocycles. The van der Waals surface area contributed by atoms with E-state index in [-0.39, 0.29) is 6.61 Å². The number of ether oxygens (including phenoxy) is 1. The number of carbonyl (C=O) groups excluding carboxylic acids is 1. The first-order valence-electron chi connectivity index (χ1n) is 8.76. The van der Waals surface area contributed by atoms with Crippen LogP contribution in [0, 0.1) is 0 Å². The summed E-state index contributed by atoms with van der Waals surface area (Å²) in [4.78, 5) is 12.6. The van der Waals surface area contributed by atoms with Crippen molar-refractivity contribution in [2.45, 2.75) is 13.0 Å². The Morgan fingerprint density at radius 3 is 1.70 bits per heavy atom. The summed E-state index contributed by atoms with van der Waals surface area (Å²) >= 11 is 0. The lowest BCUT2D eigenvalue weighted by Crippen LogP contribution is -2.25. The zero-order valence-electron chi connectivity index (χ0n) is 15.0. The summed E-state index contributed by atoms with van der Waals surface area (Å²) in [5.74, 6) is -0.559. The number of benzene rings is 3. The van der Waals surface area contributed by atoms with Gasteiger partial charge in [-0.3, -0.25) is 4.57 Å². The minimum Gasteiger partial charge on any atom is -0.464 e. The summed E-state index contributed by atoms with van der Waals surface area (Å²) in [7, 11) is -3.52. The average molecular weight is 380 g/mol. The van der Waals surface area contributed by atoms with E-state index in [0.717, 1.165) is 0 Å². The second kappa shape index (κ2) is 8.81. The van der Waals surface area contributed by atoms with Gasteiger partial charge in [-0.25, -0.2) is 4.79 Å². The van der Waals surface area contributed by atoms with Crippen molar-refractivity contribution in [1.82, 2.24) is 0 Å². The molecular weight excluding hydrogens is 359 g/mol. The minimum absolute atomic E-state index is 0.215. The Morgan fingerprint density at radius 1 is 0.815 bits per heavy atom. The quantitative estimate of drug-likeness (QED) is 0.455. The van der Waals surface area contributed by atoms with Gasteiger partial charge in [0.25, 0.3) is 7.37 Å². The molecule has 3 rings (SSSR count). The van der Waals surface area contributed by atoms with Gasteiger partial charge in [-0.2, -0.15) is 0 Å². The van der Waals surface area contributed by atoms with E-state index in [2.05, 4.69) is 0 Å². The monoisotopic (exact) mass is 380 g/mol. The van der Waals surface area contributed by atoms with Crippen LogP contribution in [-0.4, -0.2) is 12.6 Å². The summed E-state index contributed by atoms with van der Waals surface area (Å²) in [5.41, 5.74) is 0.600. The van der Waals surface area contributed by atoms with Gasteiger partial charge in [-0.1, -0.05) is 66.7 Å². The molecule has 0 N–H and O–H groups in total. The van der Waals surface area contributed by atoms with Crippen molar-refractivity contribution < 1.29 is 18.6 Å². The van der Waals surface area contributed by atoms with Gasteiger partial charge < -0.3 is 9.26 Å². The predicted octanol–water partition coefficient (Wildman–Crippen LogP) is 4.24. The molecule has 0 heterocycles. The zero-order chi connectivity index (χ0) is 19.1. The smallest absolute Gasteiger partial charge is 0.340 e. The molecule has 0 aromatic heterocycles. The van der Waals surface area contributed by atoms with E-state index in [1.54, 1.807) is 79.7 Å². The summed E-state index contributed by atoms with van der Waals surface area (Å²) in [6.45, 7) is 1.94. The minimum atomic E-state index is -3.52. The summed E-state index contributed by atoms with van der Waals surface area (Å²) in [5, 5.41) is 1.06. The van der Waals surface area contributed by atoms with Gasteiger partial charge in [-0.15, -0.1) is 0 Å². The topological polar surface area (TPSA) is 52.6 Å². The van der Waals surface area contributed by atoms with Crippen LogP contribution >= 0.6 is 7.37 Å². The third-order valence-electron chi connectivity index (χ3n) is 4.05. The number of rotatable bonds is 7. The molecule has 0 saturated carbocycles. The fraction of sp³-hybridized carbons (Fsp3) is 0.136. The standard InChI is InChI=1S/C22H21O4P/c1-2-25-22(23)21(18-12-6-3-7-13-18)26-27(24,19-14-8-4-9-15-19)20-16-10-5-11-17-20/h3-17,21H,2H2,1H3. The first kappa shape index (κ1) is 19.1. The van der Waals surface area contributed by atoms with Crippen molar-refractivity contribution in [3.63, 3.8) is 0 Å². The van der Waals surface area contributed by atoms with Gasteiger partial charge in [-0.05, 0) is 36.8 Å². The van der Waals surface area contributed by atoms with Gasteiger partial charge in [0.2, 0.25) is 0 Å². The number of esters is 1. The molecule has 27 heavy (non-hydrogen) atoms. The first-order valence-corrected chi connectivity index (χ1v) is 10.4. The summed E-state index contributed by atoms with van der Waals surface area (Å²) in [6.07, 6.45) is -1.09. The molecule has 5 heteroatoms. The molecule has 3 aromatic carbocycles. The lowest BCUT2D eigenvalue weighted by atomic mass is 10.1. The molecule has 3 aromatic rings. The van der Waals surface area contributed by atoms with E-state index in [1.165, 1.54) is 0 Å². The van der Waals surface area contributed by atoms with Gasteiger partial charge >= 0.3 is 5.97 Å². The van der Waals surface area contributed by atoms with E-state index >= 15 is 0 Å². The van der Waals surface area contributed by atoms with Crippen LogP contribution in [0.3, 0.4) is 0 Å². The Kier molecular flexibility index (Phi) is 6.23. The maximum absolute atomic E-state index is 14.1. The fourth-order valence-electron chi connectivity index (χ4n) is 2.75. The lowest BCUT2D eigenvalue weighted by Gasteiger charge is -2.25. The highest BCUT2D eigenvalue weighted by Gasteiger charge is 2.36. The number of hydrogen-bond acceptors (Lipinski definition) is 4. The van der Waals surface area contributed by atoms with Gasteiger partial charge in [0.05, 0.1) is 6.61 Å². The van der Waals surface area contributed by atoms with Crippen LogP contribution in [0.25, 0.3) is 0 Å². The Labute approximate surface area is 159 Å².